The molecule has 0 amide bonds. The van der Waals surface area contributed by atoms with Crippen molar-refractivity contribution in [3.63, 3.8) is 0 Å². The van der Waals surface area contributed by atoms with Gasteiger partial charge >= 0.3 is 41.8 Å². The van der Waals surface area contributed by atoms with E-state index in [9.17, 15) is 54.0 Å². The lowest BCUT2D eigenvalue weighted by Gasteiger charge is -2.37. The summed E-state index contributed by atoms with van der Waals surface area (Å²) in [5.41, 5.74) is -2.12. The summed E-state index contributed by atoms with van der Waals surface area (Å²) in [7, 11) is 0. The molecule has 0 aromatic carbocycles. The number of carboxylic acids is 4. The van der Waals surface area contributed by atoms with Gasteiger partial charge in [-0.15, -0.1) is 0 Å². The molecule has 9 unspecified atom stereocenters. The maximum atomic E-state index is 13.5. The van der Waals surface area contributed by atoms with Crippen molar-refractivity contribution in [3.05, 3.63) is 0 Å². The molecule has 4 aliphatic rings. The van der Waals surface area contributed by atoms with Crippen molar-refractivity contribution in [3.8, 4) is 0 Å². The van der Waals surface area contributed by atoms with Gasteiger partial charge in [-0.3, -0.25) is 33.6 Å². The minimum absolute atomic E-state index is 0.0201. The Hall–Kier alpha value is -3.79. The van der Waals surface area contributed by atoms with Crippen LogP contribution in [0.1, 0.15) is 129 Å². The van der Waals surface area contributed by atoms with Gasteiger partial charge in [-0.1, -0.05) is 65.2 Å². The Labute approximate surface area is 352 Å². The van der Waals surface area contributed by atoms with Gasteiger partial charge in [-0.05, 0) is 70.1 Å². The number of carboxylic acid groups (broad SMARTS) is 4. The maximum Gasteiger partial charge on any atom is 0.309 e. The summed E-state index contributed by atoms with van der Waals surface area (Å²) in [6.07, 6.45) is 9.89. The first kappa shape index (κ1) is 48.9. The molecule has 4 saturated carbocycles. The van der Waals surface area contributed by atoms with E-state index in [-0.39, 0.29) is 58.6 Å². The molecule has 4 rings (SSSR count). The second kappa shape index (κ2) is 23.4. The van der Waals surface area contributed by atoms with Crippen molar-refractivity contribution >= 4 is 41.8 Å². The van der Waals surface area contributed by atoms with Crippen molar-refractivity contribution in [1.82, 2.24) is 0 Å². The highest BCUT2D eigenvalue weighted by Crippen LogP contribution is 2.37. The lowest BCUT2D eigenvalue weighted by molar-refractivity contribution is -0.174. The summed E-state index contributed by atoms with van der Waals surface area (Å²) in [6, 6.07) is 0. The first-order chi connectivity index (χ1) is 28.7. The molecule has 0 spiro atoms. The van der Waals surface area contributed by atoms with Crippen molar-refractivity contribution in [1.29, 1.82) is 0 Å². The highest BCUT2D eigenvalue weighted by molar-refractivity contribution is 5.82. The van der Waals surface area contributed by atoms with E-state index in [0.29, 0.717) is 96.3 Å². The van der Waals surface area contributed by atoms with E-state index in [1.807, 2.05) is 6.92 Å². The van der Waals surface area contributed by atoms with Crippen molar-refractivity contribution in [2.45, 2.75) is 129 Å². The Bertz CT molecular complexity index is 1430. The van der Waals surface area contributed by atoms with Crippen LogP contribution >= 0.6 is 0 Å². The number of rotatable bonds is 23. The summed E-state index contributed by atoms with van der Waals surface area (Å²) in [5.74, 6) is -11.9. The van der Waals surface area contributed by atoms with Crippen molar-refractivity contribution in [2.24, 2.45) is 58.2 Å². The molecular weight excluding hydrogens is 784 g/mol. The van der Waals surface area contributed by atoms with E-state index < -0.39 is 94.0 Å². The highest BCUT2D eigenvalue weighted by Gasteiger charge is 2.43. The molecule has 9 atom stereocenters. The Morgan fingerprint density at radius 3 is 1.02 bits per heavy atom. The number of aliphatic carboxylic acids is 4. The SMILES string of the molecule is CCC(COCC1CCCCC1C(=O)O)(COCC(CC)(COC(=O)C1CCCCC1C(=O)O)COC(=O)C1CCCCC1C(=O)O)COC(=O)C1CCCCC1C(=O)O. The van der Waals surface area contributed by atoms with Crippen molar-refractivity contribution in [2.75, 3.05) is 46.2 Å². The minimum Gasteiger partial charge on any atom is -0.481 e. The molecule has 4 N–H and O–H groups in total. The molecule has 4 aliphatic carbocycles. The fraction of sp³-hybridized carbons (Fsp3) is 0.841. The van der Waals surface area contributed by atoms with Gasteiger partial charge in [0.1, 0.15) is 19.8 Å². The summed E-state index contributed by atoms with van der Waals surface area (Å²) >= 11 is 0. The number of hydrogen-bond acceptors (Lipinski definition) is 12. The van der Waals surface area contributed by atoms with E-state index in [0.717, 1.165) is 12.8 Å². The Morgan fingerprint density at radius 2 is 0.683 bits per heavy atom. The van der Waals surface area contributed by atoms with Crippen LogP contribution in [0.25, 0.3) is 0 Å². The third-order valence-electron chi connectivity index (χ3n) is 14.0. The second-order valence-corrected chi connectivity index (χ2v) is 18.0. The zero-order valence-electron chi connectivity index (χ0n) is 35.5. The number of esters is 3. The standard InChI is InChI=1S/C44H68O16/c1-3-43(22-56-21-28-13-5-6-14-29(28)36(45)46,25-58-40(53)33-18-10-7-15-30(33)37(47)48)23-57-24-44(4-2,26-59-41(54)34-19-11-8-16-31(34)38(49)50)27-60-42(55)35-20-12-9-17-32(35)39(51)52/h28-35H,3-27H2,1-2H3,(H,45,46)(H,47,48)(H,49,50)(H,51,52). The number of hydrogen-bond donors (Lipinski definition) is 4. The normalized spacial score (nSPS) is 29.2. The minimum atomic E-state index is -1.14. The van der Waals surface area contributed by atoms with E-state index in [1.54, 1.807) is 6.92 Å². The lowest BCUT2D eigenvalue weighted by atomic mass is 9.79. The fourth-order valence-corrected chi connectivity index (χ4v) is 9.62. The van der Waals surface area contributed by atoms with E-state index >= 15 is 0 Å². The van der Waals surface area contributed by atoms with Crippen LogP contribution in [0.5, 0.6) is 0 Å². The predicted octanol–water partition coefficient (Wildman–Crippen LogP) is 6.01. The number of carbonyl (C=O) groups is 7. The smallest absolute Gasteiger partial charge is 0.309 e. The van der Waals surface area contributed by atoms with Gasteiger partial charge < -0.3 is 44.1 Å². The quantitative estimate of drug-likeness (QED) is 0.0679. The predicted molar refractivity (Wildman–Crippen MR) is 212 cm³/mol. The molecule has 0 saturated heterocycles. The van der Waals surface area contributed by atoms with Crippen LogP contribution in [0, 0.1) is 58.2 Å². The van der Waals surface area contributed by atoms with Crippen LogP contribution in [0.2, 0.25) is 0 Å². The third-order valence-corrected chi connectivity index (χ3v) is 14.0. The van der Waals surface area contributed by atoms with Gasteiger partial charge in [0.25, 0.3) is 0 Å². The first-order valence-corrected chi connectivity index (χ1v) is 22.2. The molecule has 60 heavy (non-hydrogen) atoms. The zero-order chi connectivity index (χ0) is 43.9. The molecule has 16 nitrogen and oxygen atoms in total. The van der Waals surface area contributed by atoms with E-state index in [1.165, 1.54) is 0 Å². The molecule has 4 fully saturated rings. The second-order valence-electron chi connectivity index (χ2n) is 18.0. The average Bonchev–Trinajstić information content (AvgIpc) is 3.25. The van der Waals surface area contributed by atoms with Crippen LogP contribution in [-0.2, 0) is 57.2 Å². The molecule has 0 heterocycles. The molecule has 0 bridgehead atoms. The van der Waals surface area contributed by atoms with Gasteiger partial charge in [-0.25, -0.2) is 0 Å². The number of carbonyl (C=O) groups excluding carboxylic acids is 3. The highest BCUT2D eigenvalue weighted by atomic mass is 16.6. The summed E-state index contributed by atoms with van der Waals surface area (Å²) in [6.45, 7) is 2.91. The van der Waals surface area contributed by atoms with Crippen LogP contribution in [0.4, 0.5) is 0 Å². The summed E-state index contributed by atoms with van der Waals surface area (Å²) in [5, 5.41) is 39.3. The molecule has 16 heteroatoms. The van der Waals surface area contributed by atoms with E-state index in [4.69, 9.17) is 23.7 Å². The van der Waals surface area contributed by atoms with Crippen LogP contribution in [0.3, 0.4) is 0 Å². The molecule has 340 valence electrons. The molecule has 0 aromatic rings. The topological polar surface area (TPSA) is 247 Å². The largest absolute Gasteiger partial charge is 0.481 e. The third kappa shape index (κ3) is 13.4. The number of ether oxygens (including phenoxy) is 5. The Balaban J connectivity index is 1.54. The van der Waals surface area contributed by atoms with Crippen LogP contribution < -0.4 is 0 Å². The molecule has 0 aliphatic heterocycles. The maximum absolute atomic E-state index is 13.5. The Kier molecular flexibility index (Phi) is 19.1. The fourth-order valence-electron chi connectivity index (χ4n) is 9.62. The summed E-state index contributed by atoms with van der Waals surface area (Å²) in [4.78, 5) is 88.5. The van der Waals surface area contributed by atoms with Gasteiger partial charge in [0.2, 0.25) is 0 Å². The first-order valence-electron chi connectivity index (χ1n) is 22.2. The molecule has 0 aromatic heterocycles. The van der Waals surface area contributed by atoms with Crippen molar-refractivity contribution < 1.29 is 77.7 Å². The lowest BCUT2D eigenvalue weighted by Crippen LogP contribution is -2.44. The zero-order valence-corrected chi connectivity index (χ0v) is 35.5. The molecular formula is C44H68O16. The van der Waals surface area contributed by atoms with Gasteiger partial charge in [0, 0.05) is 0 Å². The summed E-state index contributed by atoms with van der Waals surface area (Å²) < 4.78 is 30.2. The van der Waals surface area contributed by atoms with E-state index in [2.05, 4.69) is 0 Å². The monoisotopic (exact) mass is 852 g/mol. The van der Waals surface area contributed by atoms with Gasteiger partial charge in [-0.2, -0.15) is 0 Å². The van der Waals surface area contributed by atoms with Crippen LogP contribution in [0.15, 0.2) is 0 Å². The van der Waals surface area contributed by atoms with Gasteiger partial charge in [0.15, 0.2) is 0 Å². The Morgan fingerprint density at radius 1 is 0.400 bits per heavy atom. The van der Waals surface area contributed by atoms with Crippen LogP contribution in [-0.4, -0.2) is 108 Å². The average molecular weight is 853 g/mol. The molecule has 0 radical (unpaired) electrons. The van der Waals surface area contributed by atoms with Gasteiger partial charge in [0.05, 0.1) is 78.7 Å².